The molecule has 15 heavy (non-hydrogen) atoms. The van der Waals surface area contributed by atoms with Crippen LogP contribution in [0.2, 0.25) is 0 Å². The standard InChI is InChI=1S/C11H19N3O/c1-11(2)4-3-10(15-11)8-14-7-9(5-12)6-13-14/h6-7,10H,3-5,8,12H2,1-2H3. The minimum Gasteiger partial charge on any atom is -0.370 e. The highest BCUT2D eigenvalue weighted by atomic mass is 16.5. The van der Waals surface area contributed by atoms with E-state index >= 15 is 0 Å². The highest BCUT2D eigenvalue weighted by Gasteiger charge is 2.31. The fraction of sp³-hybridized carbons (Fsp3) is 0.727. The Morgan fingerprint density at radius 1 is 1.67 bits per heavy atom. The SMILES string of the molecule is CC1(C)CCC(Cn2cc(CN)cn2)O1. The second kappa shape index (κ2) is 3.94. The maximum absolute atomic E-state index is 5.90. The summed E-state index contributed by atoms with van der Waals surface area (Å²) >= 11 is 0. The summed E-state index contributed by atoms with van der Waals surface area (Å²) in [5.74, 6) is 0. The summed E-state index contributed by atoms with van der Waals surface area (Å²) in [5.41, 5.74) is 6.64. The minimum absolute atomic E-state index is 0.0362. The lowest BCUT2D eigenvalue weighted by molar-refractivity contribution is -0.0229. The number of ether oxygens (including phenoxy) is 1. The van der Waals surface area contributed by atoms with Gasteiger partial charge in [0, 0.05) is 18.3 Å². The van der Waals surface area contributed by atoms with Gasteiger partial charge in [-0.1, -0.05) is 0 Å². The average molecular weight is 209 g/mol. The summed E-state index contributed by atoms with van der Waals surface area (Å²) in [6.07, 6.45) is 6.35. The topological polar surface area (TPSA) is 53.1 Å². The molecule has 0 bridgehead atoms. The van der Waals surface area contributed by atoms with Crippen LogP contribution < -0.4 is 5.73 Å². The van der Waals surface area contributed by atoms with E-state index in [2.05, 4.69) is 18.9 Å². The molecular weight excluding hydrogens is 190 g/mol. The lowest BCUT2D eigenvalue weighted by atomic mass is 10.1. The van der Waals surface area contributed by atoms with Crippen molar-refractivity contribution < 1.29 is 4.74 Å². The molecule has 2 rings (SSSR count). The van der Waals surface area contributed by atoms with E-state index in [4.69, 9.17) is 10.5 Å². The van der Waals surface area contributed by atoms with Crippen LogP contribution in [-0.2, 0) is 17.8 Å². The van der Waals surface area contributed by atoms with Crippen molar-refractivity contribution in [1.82, 2.24) is 9.78 Å². The van der Waals surface area contributed by atoms with E-state index in [-0.39, 0.29) is 5.60 Å². The predicted octanol–water partition coefficient (Wildman–Crippen LogP) is 1.30. The molecule has 0 radical (unpaired) electrons. The third-order valence-corrected chi connectivity index (χ3v) is 2.87. The Morgan fingerprint density at radius 3 is 3.00 bits per heavy atom. The summed E-state index contributed by atoms with van der Waals surface area (Å²) < 4.78 is 7.83. The predicted molar refractivity (Wildman–Crippen MR) is 58.3 cm³/mol. The van der Waals surface area contributed by atoms with Crippen molar-refractivity contribution in [2.24, 2.45) is 5.73 Å². The third-order valence-electron chi connectivity index (χ3n) is 2.87. The molecule has 1 atom stereocenters. The van der Waals surface area contributed by atoms with Crippen molar-refractivity contribution in [3.63, 3.8) is 0 Å². The fourth-order valence-corrected chi connectivity index (χ4v) is 2.03. The summed E-state index contributed by atoms with van der Waals surface area (Å²) in [5, 5.41) is 4.25. The highest BCUT2D eigenvalue weighted by Crippen LogP contribution is 2.29. The van der Waals surface area contributed by atoms with E-state index in [1.807, 2.05) is 17.1 Å². The number of nitrogens with zero attached hydrogens (tertiary/aromatic N) is 2. The molecular formula is C11H19N3O. The van der Waals surface area contributed by atoms with Crippen LogP contribution in [0.5, 0.6) is 0 Å². The fourth-order valence-electron chi connectivity index (χ4n) is 2.03. The first kappa shape index (κ1) is 10.6. The van der Waals surface area contributed by atoms with Crippen LogP contribution in [0.15, 0.2) is 12.4 Å². The molecule has 2 N–H and O–H groups in total. The van der Waals surface area contributed by atoms with Gasteiger partial charge in [0.25, 0.3) is 0 Å². The Balaban J connectivity index is 1.92. The first-order valence-corrected chi connectivity index (χ1v) is 5.48. The van der Waals surface area contributed by atoms with Crippen LogP contribution in [0.4, 0.5) is 0 Å². The molecule has 1 aliphatic heterocycles. The van der Waals surface area contributed by atoms with Gasteiger partial charge in [0.2, 0.25) is 0 Å². The average Bonchev–Trinajstić information content (AvgIpc) is 2.73. The first-order chi connectivity index (χ1) is 7.09. The summed E-state index contributed by atoms with van der Waals surface area (Å²) in [4.78, 5) is 0. The van der Waals surface area contributed by atoms with Crippen LogP contribution >= 0.6 is 0 Å². The molecule has 0 amide bonds. The maximum atomic E-state index is 5.90. The van der Waals surface area contributed by atoms with Crippen LogP contribution in [-0.4, -0.2) is 21.5 Å². The van der Waals surface area contributed by atoms with E-state index < -0.39 is 0 Å². The lowest BCUT2D eigenvalue weighted by Gasteiger charge is -2.19. The van der Waals surface area contributed by atoms with Gasteiger partial charge in [0.15, 0.2) is 0 Å². The van der Waals surface area contributed by atoms with Gasteiger partial charge in [-0.2, -0.15) is 5.10 Å². The van der Waals surface area contributed by atoms with Crippen molar-refractivity contribution in [1.29, 1.82) is 0 Å². The number of hydrogen-bond acceptors (Lipinski definition) is 3. The zero-order valence-electron chi connectivity index (χ0n) is 9.44. The van der Waals surface area contributed by atoms with Gasteiger partial charge in [0.1, 0.15) is 0 Å². The summed E-state index contributed by atoms with van der Waals surface area (Å²) in [6.45, 7) is 5.67. The van der Waals surface area contributed by atoms with E-state index in [1.165, 1.54) is 0 Å². The molecule has 0 saturated carbocycles. The van der Waals surface area contributed by atoms with E-state index in [0.29, 0.717) is 12.6 Å². The van der Waals surface area contributed by atoms with Gasteiger partial charge in [-0.3, -0.25) is 4.68 Å². The van der Waals surface area contributed by atoms with Crippen molar-refractivity contribution in [2.45, 2.75) is 51.5 Å². The molecule has 1 fully saturated rings. The Hall–Kier alpha value is -0.870. The molecule has 1 aromatic heterocycles. The van der Waals surface area contributed by atoms with Crippen LogP contribution in [0.3, 0.4) is 0 Å². The maximum Gasteiger partial charge on any atom is 0.0779 e. The number of rotatable bonds is 3. The summed E-state index contributed by atoms with van der Waals surface area (Å²) in [7, 11) is 0. The molecule has 0 aromatic carbocycles. The van der Waals surface area contributed by atoms with Crippen LogP contribution in [0, 0.1) is 0 Å². The van der Waals surface area contributed by atoms with Gasteiger partial charge in [0.05, 0.1) is 24.4 Å². The lowest BCUT2D eigenvalue weighted by Crippen LogP contribution is -2.23. The third kappa shape index (κ3) is 2.58. The van der Waals surface area contributed by atoms with Gasteiger partial charge in [-0.05, 0) is 26.7 Å². The molecule has 0 aliphatic carbocycles. The first-order valence-electron chi connectivity index (χ1n) is 5.48. The highest BCUT2D eigenvalue weighted by molar-refractivity contribution is 5.02. The van der Waals surface area contributed by atoms with Gasteiger partial charge >= 0.3 is 0 Å². The smallest absolute Gasteiger partial charge is 0.0779 e. The van der Waals surface area contributed by atoms with Gasteiger partial charge < -0.3 is 10.5 Å². The number of hydrogen-bond donors (Lipinski definition) is 1. The molecule has 1 aliphatic rings. The normalized spacial score (nSPS) is 24.6. The van der Waals surface area contributed by atoms with Crippen molar-refractivity contribution >= 4 is 0 Å². The van der Waals surface area contributed by atoms with E-state index in [0.717, 1.165) is 24.9 Å². The van der Waals surface area contributed by atoms with E-state index in [9.17, 15) is 0 Å². The molecule has 1 saturated heterocycles. The van der Waals surface area contributed by atoms with Gasteiger partial charge in [-0.25, -0.2) is 0 Å². The van der Waals surface area contributed by atoms with E-state index in [1.54, 1.807) is 0 Å². The minimum atomic E-state index is 0.0362. The monoisotopic (exact) mass is 209 g/mol. The largest absolute Gasteiger partial charge is 0.370 e. The zero-order chi connectivity index (χ0) is 10.9. The molecule has 84 valence electrons. The molecule has 4 heteroatoms. The molecule has 2 heterocycles. The summed E-state index contributed by atoms with van der Waals surface area (Å²) in [6, 6.07) is 0. The van der Waals surface area contributed by atoms with Crippen molar-refractivity contribution in [3.05, 3.63) is 18.0 Å². The quantitative estimate of drug-likeness (QED) is 0.816. The molecule has 1 unspecified atom stereocenters. The zero-order valence-corrected chi connectivity index (χ0v) is 9.44. The Morgan fingerprint density at radius 2 is 2.47 bits per heavy atom. The van der Waals surface area contributed by atoms with Crippen LogP contribution in [0.1, 0.15) is 32.3 Å². The molecule has 4 nitrogen and oxygen atoms in total. The van der Waals surface area contributed by atoms with Crippen LogP contribution in [0.25, 0.3) is 0 Å². The van der Waals surface area contributed by atoms with Crippen molar-refractivity contribution in [2.75, 3.05) is 0 Å². The molecule has 0 spiro atoms. The molecule has 1 aromatic rings. The van der Waals surface area contributed by atoms with Gasteiger partial charge in [-0.15, -0.1) is 0 Å². The Labute approximate surface area is 90.4 Å². The second-order valence-electron chi connectivity index (χ2n) is 4.81. The number of aromatic nitrogens is 2. The second-order valence-corrected chi connectivity index (χ2v) is 4.81. The van der Waals surface area contributed by atoms with Crippen molar-refractivity contribution in [3.8, 4) is 0 Å². The Kier molecular flexibility index (Phi) is 2.80. The number of nitrogens with two attached hydrogens (primary N) is 1. The Bertz CT molecular complexity index is 332.